The number of nitrogen functional groups attached to an aromatic ring is 1. The van der Waals surface area contributed by atoms with E-state index in [0.717, 1.165) is 0 Å². The lowest BCUT2D eigenvalue weighted by molar-refractivity contribution is 0.00669. The normalized spacial score (nSPS) is 11.2. The summed E-state index contributed by atoms with van der Waals surface area (Å²) in [5, 5.41) is 9.59. The number of nitrogens with two attached hydrogens (primary N) is 1. The third-order valence-electron chi connectivity index (χ3n) is 1.76. The number of rotatable bonds is 1. The van der Waals surface area contributed by atoms with Crippen LogP contribution in [0.4, 0.5) is 5.69 Å². The first-order valence-corrected chi connectivity index (χ1v) is 5.10. The van der Waals surface area contributed by atoms with Crippen LogP contribution in [0.1, 0.15) is 31.1 Å². The first kappa shape index (κ1) is 12.6. The highest BCUT2D eigenvalue weighted by molar-refractivity contribution is 6.35. The molecule has 0 aliphatic heterocycles. The SMILES string of the molecule is CC(C)(C)OC(=O)c1ccc(N)c(Cl)c1O. The van der Waals surface area contributed by atoms with Gasteiger partial charge in [-0.25, -0.2) is 4.79 Å². The Bertz CT molecular complexity index is 424. The van der Waals surface area contributed by atoms with Crippen LogP contribution in [0, 0.1) is 0 Å². The van der Waals surface area contributed by atoms with E-state index in [9.17, 15) is 9.90 Å². The van der Waals surface area contributed by atoms with Gasteiger partial charge < -0.3 is 15.6 Å². The molecule has 16 heavy (non-hydrogen) atoms. The summed E-state index contributed by atoms with van der Waals surface area (Å²) in [4.78, 5) is 11.7. The van der Waals surface area contributed by atoms with Crippen molar-refractivity contribution in [2.45, 2.75) is 26.4 Å². The fourth-order valence-corrected chi connectivity index (χ4v) is 1.24. The van der Waals surface area contributed by atoms with Crippen LogP contribution in [0.5, 0.6) is 5.75 Å². The Morgan fingerprint density at radius 1 is 1.44 bits per heavy atom. The molecule has 0 unspecified atom stereocenters. The van der Waals surface area contributed by atoms with Crippen molar-refractivity contribution >= 4 is 23.3 Å². The van der Waals surface area contributed by atoms with Crippen LogP contribution in [-0.4, -0.2) is 16.7 Å². The fraction of sp³-hybridized carbons (Fsp3) is 0.364. The van der Waals surface area contributed by atoms with Gasteiger partial charge in [-0.3, -0.25) is 0 Å². The lowest BCUT2D eigenvalue weighted by Gasteiger charge is -2.20. The molecule has 1 aromatic rings. The van der Waals surface area contributed by atoms with Gasteiger partial charge in [-0.1, -0.05) is 11.6 Å². The van der Waals surface area contributed by atoms with E-state index >= 15 is 0 Å². The minimum atomic E-state index is -0.633. The molecule has 5 heteroatoms. The molecule has 0 aliphatic carbocycles. The van der Waals surface area contributed by atoms with Gasteiger partial charge in [0, 0.05) is 0 Å². The van der Waals surface area contributed by atoms with E-state index in [1.807, 2.05) is 0 Å². The Kier molecular flexibility index (Phi) is 3.33. The molecule has 88 valence electrons. The quantitative estimate of drug-likeness (QED) is 0.587. The number of hydrogen-bond acceptors (Lipinski definition) is 4. The first-order chi connectivity index (χ1) is 7.22. The molecule has 0 saturated carbocycles. The summed E-state index contributed by atoms with van der Waals surface area (Å²) in [6, 6.07) is 2.83. The zero-order chi connectivity index (χ0) is 12.5. The topological polar surface area (TPSA) is 72.5 Å². The zero-order valence-electron chi connectivity index (χ0n) is 9.37. The van der Waals surface area contributed by atoms with Crippen molar-refractivity contribution in [2.75, 3.05) is 5.73 Å². The number of aromatic hydroxyl groups is 1. The maximum Gasteiger partial charge on any atom is 0.342 e. The molecule has 0 spiro atoms. The van der Waals surface area contributed by atoms with Crippen molar-refractivity contribution in [3.8, 4) is 5.75 Å². The van der Waals surface area contributed by atoms with Crippen molar-refractivity contribution in [1.29, 1.82) is 0 Å². The molecule has 0 amide bonds. The van der Waals surface area contributed by atoms with Gasteiger partial charge >= 0.3 is 5.97 Å². The van der Waals surface area contributed by atoms with E-state index in [1.54, 1.807) is 20.8 Å². The lowest BCUT2D eigenvalue weighted by atomic mass is 10.1. The Hall–Kier alpha value is -1.42. The number of anilines is 1. The molecular formula is C11H14ClNO3. The summed E-state index contributed by atoms with van der Waals surface area (Å²) in [6.45, 7) is 5.21. The number of carbonyl (C=O) groups is 1. The average molecular weight is 244 g/mol. The number of esters is 1. The number of benzene rings is 1. The summed E-state index contributed by atoms with van der Waals surface area (Å²) in [7, 11) is 0. The summed E-state index contributed by atoms with van der Waals surface area (Å²) < 4.78 is 5.10. The predicted molar refractivity (Wildman–Crippen MR) is 62.7 cm³/mol. The molecule has 0 heterocycles. The maximum atomic E-state index is 11.7. The van der Waals surface area contributed by atoms with Crippen molar-refractivity contribution in [3.63, 3.8) is 0 Å². The first-order valence-electron chi connectivity index (χ1n) is 4.72. The summed E-state index contributed by atoms with van der Waals surface area (Å²) in [5.74, 6) is -0.984. The summed E-state index contributed by atoms with van der Waals surface area (Å²) in [5.41, 5.74) is 5.07. The van der Waals surface area contributed by atoms with E-state index in [2.05, 4.69) is 0 Å². The molecule has 0 aliphatic rings. The van der Waals surface area contributed by atoms with Gasteiger partial charge in [0.05, 0.1) is 5.69 Å². The van der Waals surface area contributed by atoms with Gasteiger partial charge in [0.2, 0.25) is 0 Å². The van der Waals surface area contributed by atoms with E-state index in [4.69, 9.17) is 22.1 Å². The third kappa shape index (κ3) is 2.79. The van der Waals surface area contributed by atoms with E-state index in [1.165, 1.54) is 12.1 Å². The molecule has 0 radical (unpaired) electrons. The highest BCUT2D eigenvalue weighted by atomic mass is 35.5. The molecule has 0 aromatic heterocycles. The molecule has 1 aromatic carbocycles. The van der Waals surface area contributed by atoms with Crippen LogP contribution >= 0.6 is 11.6 Å². The highest BCUT2D eigenvalue weighted by Gasteiger charge is 2.22. The number of halogens is 1. The van der Waals surface area contributed by atoms with Crippen LogP contribution in [-0.2, 0) is 4.74 Å². The molecule has 4 nitrogen and oxygen atoms in total. The van der Waals surface area contributed by atoms with Gasteiger partial charge in [0.1, 0.15) is 16.2 Å². The van der Waals surface area contributed by atoms with Gasteiger partial charge in [-0.05, 0) is 32.9 Å². The van der Waals surface area contributed by atoms with Gasteiger partial charge in [0.25, 0.3) is 0 Å². The minimum absolute atomic E-state index is 0.00845. The van der Waals surface area contributed by atoms with Gasteiger partial charge in [-0.2, -0.15) is 0 Å². The van der Waals surface area contributed by atoms with Crippen LogP contribution in [0.3, 0.4) is 0 Å². The van der Waals surface area contributed by atoms with Crippen LogP contribution < -0.4 is 5.73 Å². The van der Waals surface area contributed by atoms with Gasteiger partial charge in [0.15, 0.2) is 5.75 Å². The number of ether oxygens (including phenoxy) is 1. The zero-order valence-corrected chi connectivity index (χ0v) is 10.1. The Morgan fingerprint density at radius 2 is 2.00 bits per heavy atom. The van der Waals surface area contributed by atoms with Crippen LogP contribution in [0.15, 0.2) is 12.1 Å². The Balaban J connectivity index is 3.06. The molecule has 0 atom stereocenters. The lowest BCUT2D eigenvalue weighted by Crippen LogP contribution is -2.24. The second-order valence-electron chi connectivity index (χ2n) is 4.37. The number of phenolic OH excluding ortho intramolecular Hbond substituents is 1. The molecular weight excluding hydrogens is 230 g/mol. The predicted octanol–water partition coefficient (Wildman–Crippen LogP) is 2.58. The number of carbonyl (C=O) groups excluding carboxylic acids is 1. The standard InChI is InChI=1S/C11H14ClNO3/c1-11(2,3)16-10(15)6-4-5-7(13)8(12)9(6)14/h4-5,14H,13H2,1-3H3. The smallest absolute Gasteiger partial charge is 0.342 e. The van der Waals surface area contributed by atoms with Crippen LogP contribution in [0.25, 0.3) is 0 Å². The molecule has 1 rings (SSSR count). The summed E-state index contributed by atoms with van der Waals surface area (Å²) >= 11 is 5.72. The van der Waals surface area contributed by atoms with Crippen molar-refractivity contribution in [1.82, 2.24) is 0 Å². The average Bonchev–Trinajstić information content (AvgIpc) is 2.11. The van der Waals surface area contributed by atoms with Crippen molar-refractivity contribution in [2.24, 2.45) is 0 Å². The molecule has 3 N–H and O–H groups in total. The molecule has 0 bridgehead atoms. The van der Waals surface area contributed by atoms with Crippen molar-refractivity contribution < 1.29 is 14.6 Å². The minimum Gasteiger partial charge on any atom is -0.505 e. The Morgan fingerprint density at radius 3 is 2.50 bits per heavy atom. The van der Waals surface area contributed by atoms with E-state index in [-0.39, 0.29) is 22.0 Å². The monoisotopic (exact) mass is 243 g/mol. The van der Waals surface area contributed by atoms with Gasteiger partial charge in [-0.15, -0.1) is 0 Å². The summed E-state index contributed by atoms with van der Waals surface area (Å²) in [6.07, 6.45) is 0. The largest absolute Gasteiger partial charge is 0.505 e. The molecule has 0 saturated heterocycles. The second kappa shape index (κ2) is 4.22. The second-order valence-corrected chi connectivity index (χ2v) is 4.74. The maximum absolute atomic E-state index is 11.7. The van der Waals surface area contributed by atoms with Crippen LogP contribution in [0.2, 0.25) is 5.02 Å². The third-order valence-corrected chi connectivity index (χ3v) is 2.16. The number of hydrogen-bond donors (Lipinski definition) is 2. The fourth-order valence-electron chi connectivity index (χ4n) is 1.08. The van der Waals surface area contributed by atoms with E-state index in [0.29, 0.717) is 0 Å². The molecule has 0 fully saturated rings. The highest BCUT2D eigenvalue weighted by Crippen LogP contribution is 2.33. The number of phenols is 1. The van der Waals surface area contributed by atoms with E-state index < -0.39 is 11.6 Å². The van der Waals surface area contributed by atoms with Crippen molar-refractivity contribution in [3.05, 3.63) is 22.7 Å². The Labute approximate surface area is 99.0 Å².